The summed E-state index contributed by atoms with van der Waals surface area (Å²) in [6.45, 7) is 0. The van der Waals surface area contributed by atoms with Gasteiger partial charge in [-0.2, -0.15) is 0 Å². The van der Waals surface area contributed by atoms with Crippen molar-refractivity contribution in [2.24, 2.45) is 0 Å². The molecule has 6 nitrogen and oxygen atoms in total. The number of esters is 1. The second kappa shape index (κ2) is 5.72. The van der Waals surface area contributed by atoms with Gasteiger partial charge in [0, 0.05) is 24.2 Å². The summed E-state index contributed by atoms with van der Waals surface area (Å²) in [4.78, 5) is 31.3. The minimum absolute atomic E-state index is 0.163. The van der Waals surface area contributed by atoms with Crippen molar-refractivity contribution in [3.05, 3.63) is 54.0 Å². The first-order valence-electron chi connectivity index (χ1n) is 5.47. The Balaban J connectivity index is 2.25. The van der Waals surface area contributed by atoms with Crippen molar-refractivity contribution in [2.75, 3.05) is 12.4 Å². The van der Waals surface area contributed by atoms with E-state index in [2.05, 4.69) is 20.0 Å². The van der Waals surface area contributed by atoms with Gasteiger partial charge in [0.25, 0.3) is 5.91 Å². The Kier molecular flexibility index (Phi) is 3.82. The Morgan fingerprint density at radius 1 is 1.16 bits per heavy atom. The molecule has 2 rings (SSSR count). The Bertz CT molecular complexity index is 599. The van der Waals surface area contributed by atoms with Gasteiger partial charge in [-0.1, -0.05) is 0 Å². The zero-order valence-corrected chi connectivity index (χ0v) is 10.2. The molecule has 19 heavy (non-hydrogen) atoms. The van der Waals surface area contributed by atoms with Gasteiger partial charge < -0.3 is 10.1 Å². The van der Waals surface area contributed by atoms with Crippen LogP contribution in [0.1, 0.15) is 20.7 Å². The van der Waals surface area contributed by atoms with Crippen LogP contribution in [0, 0.1) is 0 Å². The molecule has 2 heterocycles. The summed E-state index contributed by atoms with van der Waals surface area (Å²) in [5, 5.41) is 2.56. The standard InChI is InChI=1S/C13H11N3O3/c1-19-13(18)10-3-2-6-15-11(10)16-12(17)9-4-7-14-8-5-9/h2-8H,1H3,(H,15,16,17). The number of aromatic nitrogens is 2. The molecular weight excluding hydrogens is 246 g/mol. The number of methoxy groups -OCH3 is 1. The average Bonchev–Trinajstić information content (AvgIpc) is 2.48. The van der Waals surface area contributed by atoms with Gasteiger partial charge in [-0.25, -0.2) is 9.78 Å². The number of pyridine rings is 2. The third-order valence-electron chi connectivity index (χ3n) is 2.39. The molecule has 1 amide bonds. The third kappa shape index (κ3) is 2.92. The largest absolute Gasteiger partial charge is 0.465 e. The molecule has 2 aromatic heterocycles. The maximum absolute atomic E-state index is 11.9. The number of amides is 1. The highest BCUT2D eigenvalue weighted by Gasteiger charge is 2.15. The molecule has 0 aliphatic rings. The van der Waals surface area contributed by atoms with Gasteiger partial charge in [-0.05, 0) is 24.3 Å². The molecule has 0 unspecified atom stereocenters. The molecule has 0 aromatic carbocycles. The first kappa shape index (κ1) is 12.7. The monoisotopic (exact) mass is 257 g/mol. The average molecular weight is 257 g/mol. The molecule has 0 spiro atoms. The zero-order chi connectivity index (χ0) is 13.7. The fourth-order valence-corrected chi connectivity index (χ4v) is 1.46. The van der Waals surface area contributed by atoms with E-state index in [4.69, 9.17) is 0 Å². The summed E-state index contributed by atoms with van der Waals surface area (Å²) in [6, 6.07) is 6.25. The van der Waals surface area contributed by atoms with Crippen molar-refractivity contribution in [1.29, 1.82) is 0 Å². The van der Waals surface area contributed by atoms with Gasteiger partial charge >= 0.3 is 5.97 Å². The SMILES string of the molecule is COC(=O)c1cccnc1NC(=O)c1ccncc1. The van der Waals surface area contributed by atoms with Crippen LogP contribution in [0.3, 0.4) is 0 Å². The van der Waals surface area contributed by atoms with Gasteiger partial charge in [0.15, 0.2) is 0 Å². The van der Waals surface area contributed by atoms with E-state index >= 15 is 0 Å². The molecule has 0 radical (unpaired) electrons. The molecule has 96 valence electrons. The van der Waals surface area contributed by atoms with Crippen molar-refractivity contribution in [1.82, 2.24) is 9.97 Å². The molecule has 2 aromatic rings. The summed E-state index contributed by atoms with van der Waals surface area (Å²) in [6.07, 6.45) is 4.50. The van der Waals surface area contributed by atoms with Crippen LogP contribution < -0.4 is 5.32 Å². The van der Waals surface area contributed by atoms with Crippen LogP contribution in [-0.4, -0.2) is 29.0 Å². The highest BCUT2D eigenvalue weighted by Crippen LogP contribution is 2.13. The number of ether oxygens (including phenoxy) is 1. The molecule has 0 bridgehead atoms. The van der Waals surface area contributed by atoms with Gasteiger partial charge in [0.1, 0.15) is 11.4 Å². The molecule has 0 aliphatic carbocycles. The van der Waals surface area contributed by atoms with Gasteiger partial charge in [-0.15, -0.1) is 0 Å². The van der Waals surface area contributed by atoms with Crippen molar-refractivity contribution in [3.8, 4) is 0 Å². The number of carbonyl (C=O) groups excluding carboxylic acids is 2. The Hall–Kier alpha value is -2.76. The summed E-state index contributed by atoms with van der Waals surface area (Å²) in [5.41, 5.74) is 0.629. The predicted molar refractivity (Wildman–Crippen MR) is 67.8 cm³/mol. The minimum Gasteiger partial charge on any atom is -0.465 e. The van der Waals surface area contributed by atoms with E-state index in [-0.39, 0.29) is 17.3 Å². The van der Waals surface area contributed by atoms with Crippen LogP contribution in [0.2, 0.25) is 0 Å². The summed E-state index contributed by atoms with van der Waals surface area (Å²) < 4.78 is 4.62. The number of hydrogen-bond acceptors (Lipinski definition) is 5. The lowest BCUT2D eigenvalue weighted by molar-refractivity contribution is 0.0601. The van der Waals surface area contributed by atoms with Crippen LogP contribution in [-0.2, 0) is 4.74 Å². The fourth-order valence-electron chi connectivity index (χ4n) is 1.46. The van der Waals surface area contributed by atoms with E-state index in [0.29, 0.717) is 5.56 Å². The van der Waals surface area contributed by atoms with Crippen molar-refractivity contribution < 1.29 is 14.3 Å². The second-order valence-electron chi connectivity index (χ2n) is 3.58. The Morgan fingerprint density at radius 3 is 2.58 bits per heavy atom. The zero-order valence-electron chi connectivity index (χ0n) is 10.2. The first-order chi connectivity index (χ1) is 9.22. The lowest BCUT2D eigenvalue weighted by Crippen LogP contribution is -2.16. The van der Waals surface area contributed by atoms with Crippen molar-refractivity contribution in [3.63, 3.8) is 0 Å². The molecule has 0 saturated carbocycles. The number of rotatable bonds is 3. The number of anilines is 1. The van der Waals surface area contributed by atoms with Crippen LogP contribution in [0.15, 0.2) is 42.9 Å². The van der Waals surface area contributed by atoms with Gasteiger partial charge in [-0.3, -0.25) is 9.78 Å². The van der Waals surface area contributed by atoms with E-state index < -0.39 is 5.97 Å². The molecule has 0 aliphatic heterocycles. The normalized spacial score (nSPS) is 9.74. The molecule has 0 fully saturated rings. The molecule has 0 atom stereocenters. The van der Waals surface area contributed by atoms with E-state index in [1.54, 1.807) is 18.2 Å². The third-order valence-corrected chi connectivity index (χ3v) is 2.39. The van der Waals surface area contributed by atoms with Crippen LogP contribution in [0.5, 0.6) is 0 Å². The van der Waals surface area contributed by atoms with E-state index in [1.165, 1.54) is 31.8 Å². The summed E-state index contributed by atoms with van der Waals surface area (Å²) in [5.74, 6) is -0.763. The van der Waals surface area contributed by atoms with Crippen molar-refractivity contribution in [2.45, 2.75) is 0 Å². The number of nitrogens with one attached hydrogen (secondary N) is 1. The van der Waals surface area contributed by atoms with E-state index in [1.807, 2.05) is 0 Å². The Morgan fingerprint density at radius 2 is 1.89 bits per heavy atom. The maximum atomic E-state index is 11.9. The smallest absolute Gasteiger partial charge is 0.341 e. The summed E-state index contributed by atoms with van der Waals surface area (Å²) in [7, 11) is 1.27. The molecule has 1 N–H and O–H groups in total. The topological polar surface area (TPSA) is 81.2 Å². The van der Waals surface area contributed by atoms with E-state index in [0.717, 1.165) is 0 Å². The van der Waals surface area contributed by atoms with Gasteiger partial charge in [0.2, 0.25) is 0 Å². The van der Waals surface area contributed by atoms with Crippen LogP contribution >= 0.6 is 0 Å². The predicted octanol–water partition coefficient (Wildman–Crippen LogP) is 1.52. The Labute approximate surface area is 109 Å². The lowest BCUT2D eigenvalue weighted by Gasteiger charge is -2.08. The minimum atomic E-state index is -0.557. The number of carbonyl (C=O) groups is 2. The summed E-state index contributed by atoms with van der Waals surface area (Å²) >= 11 is 0. The fraction of sp³-hybridized carbons (Fsp3) is 0.0769. The van der Waals surface area contributed by atoms with Gasteiger partial charge in [0.05, 0.1) is 7.11 Å². The second-order valence-corrected chi connectivity index (χ2v) is 3.58. The van der Waals surface area contributed by atoms with Crippen molar-refractivity contribution >= 4 is 17.7 Å². The highest BCUT2D eigenvalue weighted by molar-refractivity contribution is 6.07. The molecule has 6 heteroatoms. The number of hydrogen-bond donors (Lipinski definition) is 1. The molecule has 0 saturated heterocycles. The van der Waals surface area contributed by atoms with Crippen LogP contribution in [0.25, 0.3) is 0 Å². The highest BCUT2D eigenvalue weighted by atomic mass is 16.5. The van der Waals surface area contributed by atoms with E-state index in [9.17, 15) is 9.59 Å². The quantitative estimate of drug-likeness (QED) is 0.843. The number of nitrogens with zero attached hydrogens (tertiary/aromatic N) is 2. The maximum Gasteiger partial charge on any atom is 0.341 e. The lowest BCUT2D eigenvalue weighted by atomic mass is 10.2. The van der Waals surface area contributed by atoms with Crippen LogP contribution in [0.4, 0.5) is 5.82 Å². The molecular formula is C13H11N3O3. The first-order valence-corrected chi connectivity index (χ1v) is 5.47.